The van der Waals surface area contributed by atoms with Gasteiger partial charge >= 0.3 is 0 Å². The molecule has 0 atom stereocenters. The van der Waals surface area contributed by atoms with E-state index in [4.69, 9.17) is 18.9 Å². The summed E-state index contributed by atoms with van der Waals surface area (Å²) in [7, 11) is 1.65. The summed E-state index contributed by atoms with van der Waals surface area (Å²) in [5.41, 5.74) is 4.30. The van der Waals surface area contributed by atoms with Crippen LogP contribution in [0.5, 0.6) is 0 Å². The SMILES string of the molecule is COCCOCCOCCn1c2ccc(C(=O)c3cccc(C)c3)cc2c2cc(C(=O)C(C)(C)N3CCOCC3)ccc21. The topological polar surface area (TPSA) is 79.2 Å². The second-order valence-electron chi connectivity index (χ2n) is 11.5. The van der Waals surface area contributed by atoms with Crippen molar-refractivity contribution in [3.05, 3.63) is 82.9 Å². The maximum absolute atomic E-state index is 13.9. The van der Waals surface area contributed by atoms with Crippen LogP contribution in [0.3, 0.4) is 0 Å². The van der Waals surface area contributed by atoms with Crippen LogP contribution < -0.4 is 0 Å². The van der Waals surface area contributed by atoms with Gasteiger partial charge in [0.05, 0.1) is 51.8 Å². The first-order valence-corrected chi connectivity index (χ1v) is 15.0. The predicted octanol–water partition coefficient (Wildman–Crippen LogP) is 5.31. The van der Waals surface area contributed by atoms with Crippen LogP contribution >= 0.6 is 0 Å². The largest absolute Gasteiger partial charge is 0.382 e. The Kier molecular flexibility index (Phi) is 10.1. The summed E-state index contributed by atoms with van der Waals surface area (Å²) >= 11 is 0. The number of methoxy groups -OCH3 is 1. The number of ether oxygens (including phenoxy) is 4. The number of aryl methyl sites for hydroxylation is 1. The van der Waals surface area contributed by atoms with E-state index in [9.17, 15) is 9.59 Å². The van der Waals surface area contributed by atoms with Gasteiger partial charge in [0.1, 0.15) is 0 Å². The fourth-order valence-corrected chi connectivity index (χ4v) is 5.82. The Morgan fingerprint density at radius 2 is 1.40 bits per heavy atom. The monoisotopic (exact) mass is 586 g/mol. The Balaban J connectivity index is 1.48. The second-order valence-corrected chi connectivity index (χ2v) is 11.5. The van der Waals surface area contributed by atoms with E-state index in [1.165, 1.54) is 0 Å². The van der Waals surface area contributed by atoms with E-state index in [1.807, 2.05) is 81.4 Å². The molecule has 1 saturated heterocycles. The highest BCUT2D eigenvalue weighted by atomic mass is 16.5. The third-order valence-corrected chi connectivity index (χ3v) is 8.29. The number of Topliss-reactive ketones (excluding diaryl/α,β-unsaturated/α-hetero) is 1. The summed E-state index contributed by atoms with van der Waals surface area (Å²) in [4.78, 5) is 29.6. The Labute approximate surface area is 253 Å². The van der Waals surface area contributed by atoms with Gasteiger partial charge in [0, 0.05) is 65.2 Å². The normalized spacial score (nSPS) is 14.5. The van der Waals surface area contributed by atoms with Crippen LogP contribution in [0.4, 0.5) is 0 Å². The van der Waals surface area contributed by atoms with Crippen LogP contribution in [0.15, 0.2) is 60.7 Å². The fraction of sp³-hybridized carbons (Fsp3) is 0.429. The minimum absolute atomic E-state index is 0.0241. The molecule has 228 valence electrons. The van der Waals surface area contributed by atoms with Crippen LogP contribution in [-0.2, 0) is 25.5 Å². The molecule has 43 heavy (non-hydrogen) atoms. The standard InChI is InChI=1S/C35H42N2O6/c1-25-6-5-7-26(22-25)33(38)27-8-10-31-29(23-27)30-24-28(34(39)35(2,3)36-12-15-41-16-13-36)9-11-32(30)37(31)14-17-42-20-21-43-19-18-40-4/h5-11,22-24H,12-21H2,1-4H3. The number of morpholine rings is 1. The third-order valence-electron chi connectivity index (χ3n) is 8.29. The summed E-state index contributed by atoms with van der Waals surface area (Å²) in [6.07, 6.45) is 0. The van der Waals surface area contributed by atoms with Crippen LogP contribution in [0.1, 0.15) is 45.7 Å². The molecule has 1 aliphatic heterocycles. The molecule has 1 aliphatic rings. The highest BCUT2D eigenvalue weighted by Gasteiger charge is 2.36. The molecule has 0 saturated carbocycles. The maximum atomic E-state index is 13.9. The van der Waals surface area contributed by atoms with Crippen molar-refractivity contribution in [2.24, 2.45) is 0 Å². The molecule has 1 aromatic heterocycles. The zero-order valence-corrected chi connectivity index (χ0v) is 25.7. The number of carbonyl (C=O) groups excluding carboxylic acids is 2. The number of ketones is 2. The van der Waals surface area contributed by atoms with Gasteiger partial charge in [-0.25, -0.2) is 0 Å². The molecule has 0 radical (unpaired) electrons. The van der Waals surface area contributed by atoms with Gasteiger partial charge in [0.15, 0.2) is 11.6 Å². The van der Waals surface area contributed by atoms with Crippen LogP contribution in [0.2, 0.25) is 0 Å². The van der Waals surface area contributed by atoms with E-state index >= 15 is 0 Å². The van der Waals surface area contributed by atoms with Crippen molar-refractivity contribution < 1.29 is 28.5 Å². The van der Waals surface area contributed by atoms with E-state index < -0.39 is 5.54 Å². The molecule has 2 heterocycles. The van der Waals surface area contributed by atoms with Crippen molar-refractivity contribution in [2.45, 2.75) is 32.9 Å². The Hall–Kier alpha value is -3.40. The smallest absolute Gasteiger partial charge is 0.193 e. The van der Waals surface area contributed by atoms with Crippen LogP contribution in [0.25, 0.3) is 21.8 Å². The van der Waals surface area contributed by atoms with E-state index in [0.717, 1.165) is 40.5 Å². The van der Waals surface area contributed by atoms with Gasteiger partial charge < -0.3 is 23.5 Å². The van der Waals surface area contributed by atoms with Gasteiger partial charge in [-0.3, -0.25) is 14.5 Å². The molecule has 3 aromatic carbocycles. The second kappa shape index (κ2) is 13.9. The number of fused-ring (bicyclic) bond motifs is 3. The molecular weight excluding hydrogens is 544 g/mol. The van der Waals surface area contributed by atoms with Crippen molar-refractivity contribution >= 4 is 33.4 Å². The zero-order valence-electron chi connectivity index (χ0n) is 25.7. The minimum atomic E-state index is -0.665. The summed E-state index contributed by atoms with van der Waals surface area (Å²) in [6.45, 7) is 11.9. The van der Waals surface area contributed by atoms with Crippen molar-refractivity contribution in [1.82, 2.24) is 9.47 Å². The average Bonchev–Trinajstić information content (AvgIpc) is 3.34. The summed E-state index contributed by atoms with van der Waals surface area (Å²) < 4.78 is 24.1. The van der Waals surface area contributed by atoms with Crippen molar-refractivity contribution in [1.29, 1.82) is 0 Å². The van der Waals surface area contributed by atoms with E-state index in [2.05, 4.69) is 9.47 Å². The average molecular weight is 587 g/mol. The lowest BCUT2D eigenvalue weighted by molar-refractivity contribution is -0.00429. The first-order chi connectivity index (χ1) is 20.8. The van der Waals surface area contributed by atoms with Gasteiger partial charge in [-0.15, -0.1) is 0 Å². The first kappa shape index (κ1) is 31.0. The number of nitrogens with zero attached hydrogens (tertiary/aromatic N) is 2. The Morgan fingerprint density at radius 3 is 2.07 bits per heavy atom. The molecular formula is C35H42N2O6. The van der Waals surface area contributed by atoms with Gasteiger partial charge in [0.2, 0.25) is 0 Å². The number of carbonyl (C=O) groups is 2. The molecule has 0 N–H and O–H groups in total. The Bertz CT molecular complexity index is 1580. The molecule has 0 spiro atoms. The number of benzene rings is 3. The summed E-state index contributed by atoms with van der Waals surface area (Å²) in [5, 5.41) is 1.88. The maximum Gasteiger partial charge on any atom is 0.193 e. The lowest BCUT2D eigenvalue weighted by Gasteiger charge is -2.39. The van der Waals surface area contributed by atoms with Crippen molar-refractivity contribution in [3.8, 4) is 0 Å². The van der Waals surface area contributed by atoms with Gasteiger partial charge in [0.25, 0.3) is 0 Å². The molecule has 0 amide bonds. The highest BCUT2D eigenvalue weighted by Crippen LogP contribution is 2.33. The minimum Gasteiger partial charge on any atom is -0.382 e. The number of rotatable bonds is 14. The molecule has 5 rings (SSSR count). The summed E-state index contributed by atoms with van der Waals surface area (Å²) in [5.74, 6) is 0.0463. The quantitative estimate of drug-likeness (QED) is 0.146. The van der Waals surface area contributed by atoms with Crippen molar-refractivity contribution in [2.75, 3.05) is 66.4 Å². The molecule has 8 heteroatoms. The van der Waals surface area contributed by atoms with Crippen molar-refractivity contribution in [3.63, 3.8) is 0 Å². The van der Waals surface area contributed by atoms with Gasteiger partial charge in [-0.05, 0) is 63.2 Å². The fourth-order valence-electron chi connectivity index (χ4n) is 5.82. The van der Waals surface area contributed by atoms with E-state index in [1.54, 1.807) is 7.11 Å². The summed E-state index contributed by atoms with van der Waals surface area (Å²) in [6, 6.07) is 19.4. The molecule has 8 nitrogen and oxygen atoms in total. The third kappa shape index (κ3) is 6.89. The zero-order chi connectivity index (χ0) is 30.4. The first-order valence-electron chi connectivity index (χ1n) is 15.0. The van der Waals surface area contributed by atoms with Gasteiger partial charge in [-0.1, -0.05) is 23.8 Å². The lowest BCUT2D eigenvalue weighted by atomic mass is 9.90. The predicted molar refractivity (Wildman–Crippen MR) is 168 cm³/mol. The molecule has 1 fully saturated rings. The lowest BCUT2D eigenvalue weighted by Crippen LogP contribution is -2.54. The molecule has 0 aliphatic carbocycles. The van der Waals surface area contributed by atoms with Gasteiger partial charge in [-0.2, -0.15) is 0 Å². The van der Waals surface area contributed by atoms with Crippen LogP contribution in [-0.4, -0.2) is 93.0 Å². The highest BCUT2D eigenvalue weighted by molar-refractivity contribution is 6.16. The van der Waals surface area contributed by atoms with Crippen LogP contribution in [0, 0.1) is 6.92 Å². The Morgan fingerprint density at radius 1 is 0.791 bits per heavy atom. The molecule has 0 unspecified atom stereocenters. The van der Waals surface area contributed by atoms with E-state index in [-0.39, 0.29) is 11.6 Å². The van der Waals surface area contributed by atoms with E-state index in [0.29, 0.717) is 69.5 Å². The number of hydrogen-bond donors (Lipinski definition) is 0. The molecule has 4 aromatic rings. The molecule has 0 bridgehead atoms. The number of aromatic nitrogens is 1. The number of hydrogen-bond acceptors (Lipinski definition) is 7.